The Kier molecular flexibility index (Phi) is 4.32. The number of hydrogen-bond donors (Lipinski definition) is 1. The predicted octanol–water partition coefficient (Wildman–Crippen LogP) is 0.910. The van der Waals surface area contributed by atoms with Gasteiger partial charge in [-0.25, -0.2) is 0 Å². The van der Waals surface area contributed by atoms with Crippen molar-refractivity contribution in [3.63, 3.8) is 0 Å². The highest BCUT2D eigenvalue weighted by atomic mass is 16.5. The van der Waals surface area contributed by atoms with E-state index in [1.54, 1.807) is 0 Å². The summed E-state index contributed by atoms with van der Waals surface area (Å²) in [7, 11) is 0. The van der Waals surface area contributed by atoms with Gasteiger partial charge >= 0.3 is 0 Å². The highest BCUT2D eigenvalue weighted by Crippen LogP contribution is 2.31. The minimum absolute atomic E-state index is 0.0255. The van der Waals surface area contributed by atoms with Crippen molar-refractivity contribution in [3.8, 4) is 0 Å². The van der Waals surface area contributed by atoms with Crippen molar-refractivity contribution in [1.29, 1.82) is 0 Å². The van der Waals surface area contributed by atoms with Crippen LogP contribution in [-0.4, -0.2) is 66.8 Å². The second-order valence-corrected chi connectivity index (χ2v) is 6.39. The molecule has 2 N–H and O–H groups in total. The fraction of sp³-hybridized carbons (Fsp3) is 1.00. The van der Waals surface area contributed by atoms with Crippen LogP contribution in [0.4, 0.5) is 0 Å². The lowest BCUT2D eigenvalue weighted by Crippen LogP contribution is -2.64. The van der Waals surface area contributed by atoms with Gasteiger partial charge in [-0.3, -0.25) is 4.90 Å². The second kappa shape index (κ2) is 5.45. The average molecular weight is 255 g/mol. The van der Waals surface area contributed by atoms with E-state index in [0.29, 0.717) is 0 Å². The lowest BCUT2D eigenvalue weighted by atomic mass is 9.84. The Balaban J connectivity index is 2.04. The van der Waals surface area contributed by atoms with Crippen LogP contribution in [0.1, 0.15) is 33.6 Å². The molecule has 2 aliphatic rings. The Labute approximate surface area is 111 Å². The summed E-state index contributed by atoms with van der Waals surface area (Å²) in [6.45, 7) is 13.8. The van der Waals surface area contributed by atoms with E-state index in [0.717, 1.165) is 32.8 Å². The van der Waals surface area contributed by atoms with Gasteiger partial charge in [0.25, 0.3) is 0 Å². The van der Waals surface area contributed by atoms with E-state index >= 15 is 0 Å². The number of hydrogen-bond acceptors (Lipinski definition) is 4. The Bertz CT molecular complexity index is 272. The monoisotopic (exact) mass is 255 g/mol. The molecule has 106 valence electrons. The van der Waals surface area contributed by atoms with Crippen LogP contribution in [0.15, 0.2) is 0 Å². The molecule has 4 heteroatoms. The van der Waals surface area contributed by atoms with E-state index in [9.17, 15) is 0 Å². The minimum Gasteiger partial charge on any atom is -0.373 e. The molecule has 0 aromatic rings. The molecule has 2 heterocycles. The number of morpholine rings is 1. The minimum atomic E-state index is -0.0255. The third-order valence-corrected chi connectivity index (χ3v) is 4.71. The molecule has 2 aliphatic heterocycles. The van der Waals surface area contributed by atoms with Crippen LogP contribution in [0.5, 0.6) is 0 Å². The van der Waals surface area contributed by atoms with Crippen molar-refractivity contribution in [1.82, 2.24) is 9.80 Å². The highest BCUT2D eigenvalue weighted by molar-refractivity contribution is 4.99. The zero-order valence-electron chi connectivity index (χ0n) is 12.2. The SMILES string of the molecule is CCN1CCC(CN)(N2CCOC(C)(C)C2)CC1. The number of likely N-dealkylation sites (tertiary alicyclic amines) is 1. The van der Waals surface area contributed by atoms with Crippen LogP contribution >= 0.6 is 0 Å². The van der Waals surface area contributed by atoms with Gasteiger partial charge in [-0.1, -0.05) is 6.92 Å². The quantitative estimate of drug-likeness (QED) is 0.814. The summed E-state index contributed by atoms with van der Waals surface area (Å²) < 4.78 is 5.83. The van der Waals surface area contributed by atoms with Gasteiger partial charge in [0.05, 0.1) is 12.2 Å². The van der Waals surface area contributed by atoms with Crippen LogP contribution in [-0.2, 0) is 4.74 Å². The van der Waals surface area contributed by atoms with Crippen molar-refractivity contribution in [3.05, 3.63) is 0 Å². The molecule has 0 bridgehead atoms. The first-order valence-electron chi connectivity index (χ1n) is 7.33. The molecule has 4 nitrogen and oxygen atoms in total. The standard InChI is InChI=1S/C14H29N3O/c1-4-16-7-5-14(11-15,6-8-16)17-9-10-18-13(2,3)12-17/h4-12,15H2,1-3H3. The van der Waals surface area contributed by atoms with Gasteiger partial charge in [-0.15, -0.1) is 0 Å². The smallest absolute Gasteiger partial charge is 0.0753 e. The second-order valence-electron chi connectivity index (χ2n) is 6.39. The summed E-state index contributed by atoms with van der Waals surface area (Å²) in [6.07, 6.45) is 2.40. The van der Waals surface area contributed by atoms with Gasteiger partial charge in [0.15, 0.2) is 0 Å². The molecular weight excluding hydrogens is 226 g/mol. The van der Waals surface area contributed by atoms with Gasteiger partial charge in [0.1, 0.15) is 0 Å². The summed E-state index contributed by atoms with van der Waals surface area (Å²) in [5, 5.41) is 0. The zero-order chi connectivity index (χ0) is 13.2. The predicted molar refractivity (Wildman–Crippen MR) is 74.7 cm³/mol. The Morgan fingerprint density at radius 3 is 2.33 bits per heavy atom. The Morgan fingerprint density at radius 1 is 1.17 bits per heavy atom. The molecule has 0 aromatic heterocycles. The van der Waals surface area contributed by atoms with Crippen molar-refractivity contribution in [2.75, 3.05) is 45.9 Å². The summed E-state index contributed by atoms with van der Waals surface area (Å²) in [5.74, 6) is 0. The maximum Gasteiger partial charge on any atom is 0.0753 e. The third kappa shape index (κ3) is 2.87. The van der Waals surface area contributed by atoms with Crippen LogP contribution in [0.25, 0.3) is 0 Å². The molecule has 0 atom stereocenters. The maximum atomic E-state index is 6.14. The molecule has 0 spiro atoms. The van der Waals surface area contributed by atoms with E-state index in [2.05, 4.69) is 30.6 Å². The van der Waals surface area contributed by atoms with Gasteiger partial charge in [-0.2, -0.15) is 0 Å². The highest BCUT2D eigenvalue weighted by Gasteiger charge is 2.42. The normalized spacial score (nSPS) is 29.3. The van der Waals surface area contributed by atoms with Crippen LogP contribution < -0.4 is 5.73 Å². The Hall–Kier alpha value is -0.160. The molecule has 2 saturated heterocycles. The molecule has 2 rings (SSSR count). The molecule has 0 unspecified atom stereocenters. The van der Waals surface area contributed by atoms with Crippen molar-refractivity contribution in [2.24, 2.45) is 5.73 Å². The number of ether oxygens (including phenoxy) is 1. The van der Waals surface area contributed by atoms with Crippen LogP contribution in [0.2, 0.25) is 0 Å². The first-order chi connectivity index (χ1) is 8.51. The molecule has 18 heavy (non-hydrogen) atoms. The molecule has 2 fully saturated rings. The fourth-order valence-corrected chi connectivity index (χ4v) is 3.36. The molecular formula is C14H29N3O. The number of piperidine rings is 1. The Morgan fingerprint density at radius 2 is 1.83 bits per heavy atom. The van der Waals surface area contributed by atoms with Crippen molar-refractivity contribution in [2.45, 2.75) is 44.8 Å². The lowest BCUT2D eigenvalue weighted by Gasteiger charge is -2.52. The summed E-state index contributed by atoms with van der Waals surface area (Å²) in [6, 6.07) is 0. The van der Waals surface area contributed by atoms with Crippen LogP contribution in [0, 0.1) is 0 Å². The maximum absolute atomic E-state index is 6.14. The van der Waals surface area contributed by atoms with E-state index in [1.807, 2.05) is 0 Å². The lowest BCUT2D eigenvalue weighted by molar-refractivity contribution is -0.124. The van der Waals surface area contributed by atoms with Crippen molar-refractivity contribution < 1.29 is 4.74 Å². The summed E-state index contributed by atoms with van der Waals surface area (Å²) in [4.78, 5) is 5.13. The third-order valence-electron chi connectivity index (χ3n) is 4.71. The molecule has 0 amide bonds. The molecule has 0 aromatic carbocycles. The summed E-state index contributed by atoms with van der Waals surface area (Å²) >= 11 is 0. The summed E-state index contributed by atoms with van der Waals surface area (Å²) in [5.41, 5.74) is 6.33. The van der Waals surface area contributed by atoms with E-state index in [-0.39, 0.29) is 11.1 Å². The zero-order valence-corrected chi connectivity index (χ0v) is 12.2. The molecule has 0 aliphatic carbocycles. The average Bonchev–Trinajstić information content (AvgIpc) is 2.37. The van der Waals surface area contributed by atoms with Gasteiger partial charge in [0, 0.05) is 25.2 Å². The van der Waals surface area contributed by atoms with Gasteiger partial charge in [-0.05, 0) is 46.3 Å². The largest absolute Gasteiger partial charge is 0.373 e. The van der Waals surface area contributed by atoms with E-state index in [4.69, 9.17) is 10.5 Å². The number of nitrogens with two attached hydrogens (primary N) is 1. The van der Waals surface area contributed by atoms with E-state index < -0.39 is 0 Å². The molecule has 0 saturated carbocycles. The van der Waals surface area contributed by atoms with Crippen molar-refractivity contribution >= 4 is 0 Å². The first kappa shape index (κ1) is 14.3. The fourth-order valence-electron chi connectivity index (χ4n) is 3.36. The van der Waals surface area contributed by atoms with Crippen LogP contribution in [0.3, 0.4) is 0 Å². The number of rotatable bonds is 3. The van der Waals surface area contributed by atoms with E-state index in [1.165, 1.54) is 25.9 Å². The van der Waals surface area contributed by atoms with Gasteiger partial charge in [0.2, 0.25) is 0 Å². The topological polar surface area (TPSA) is 41.7 Å². The van der Waals surface area contributed by atoms with Gasteiger partial charge < -0.3 is 15.4 Å². The first-order valence-corrected chi connectivity index (χ1v) is 7.33. The number of nitrogens with zero attached hydrogens (tertiary/aromatic N) is 2. The molecule has 0 radical (unpaired) electrons.